The number of hydrogen-bond acceptors (Lipinski definition) is 3. The summed E-state index contributed by atoms with van der Waals surface area (Å²) >= 11 is 0. The standard InChI is InChI=1S/2C10H9N.C9H10O.3C2H6/c1-8-3-2-4-9-7-11-6-5-10(8)9;1-8-6-11-7-9-4-2-3-5-10(8)9;1-7-3-2-4-8-5-6-10-9(7)8;3*1-2/h2*2-7H,1H3;2-4H,5-6H2,1H3;3*1-2H3. The highest BCUT2D eigenvalue weighted by Gasteiger charge is 2.12. The molecule has 202 valence electrons. The van der Waals surface area contributed by atoms with Gasteiger partial charge >= 0.3 is 0 Å². The third-order valence-electron chi connectivity index (χ3n) is 5.68. The molecule has 6 rings (SSSR count). The van der Waals surface area contributed by atoms with E-state index in [9.17, 15) is 0 Å². The first-order valence-corrected chi connectivity index (χ1v) is 13.9. The SMILES string of the molecule is CC.CC.CC.Cc1cccc2c1OCC2.Cc1cccc2cnccc12.Cc1cncc2ccccc12. The Morgan fingerprint density at radius 3 is 1.82 bits per heavy atom. The van der Waals surface area contributed by atoms with Crippen molar-refractivity contribution in [3.63, 3.8) is 0 Å². The highest BCUT2D eigenvalue weighted by Crippen LogP contribution is 2.28. The van der Waals surface area contributed by atoms with Gasteiger partial charge in [0.25, 0.3) is 0 Å². The molecule has 3 heterocycles. The second-order valence-corrected chi connectivity index (χ2v) is 8.01. The molecular formula is C35H46N2O. The van der Waals surface area contributed by atoms with Crippen molar-refractivity contribution in [2.75, 3.05) is 6.61 Å². The zero-order valence-corrected chi connectivity index (χ0v) is 24.9. The number of para-hydroxylation sites is 1. The normalized spacial score (nSPS) is 10.2. The number of pyridine rings is 2. The van der Waals surface area contributed by atoms with E-state index in [1.165, 1.54) is 43.8 Å². The molecule has 0 fully saturated rings. The van der Waals surface area contributed by atoms with Crippen LogP contribution in [0.3, 0.4) is 0 Å². The van der Waals surface area contributed by atoms with Gasteiger partial charge < -0.3 is 4.74 Å². The lowest BCUT2D eigenvalue weighted by atomic mass is 10.1. The lowest BCUT2D eigenvalue weighted by molar-refractivity contribution is 0.354. The number of nitrogens with zero attached hydrogens (tertiary/aromatic N) is 2. The molecule has 0 amide bonds. The van der Waals surface area contributed by atoms with Crippen molar-refractivity contribution in [3.8, 4) is 5.75 Å². The smallest absolute Gasteiger partial charge is 0.125 e. The Balaban J connectivity index is 0.000000259. The minimum atomic E-state index is 0.861. The number of fused-ring (bicyclic) bond motifs is 3. The molecule has 0 atom stereocenters. The predicted octanol–water partition coefficient (Wildman–Crippen LogP) is 10.1. The third-order valence-corrected chi connectivity index (χ3v) is 5.68. The largest absolute Gasteiger partial charge is 0.493 e. The van der Waals surface area contributed by atoms with Gasteiger partial charge in [0, 0.05) is 42.0 Å². The van der Waals surface area contributed by atoms with Gasteiger partial charge in [0.2, 0.25) is 0 Å². The summed E-state index contributed by atoms with van der Waals surface area (Å²) in [4.78, 5) is 8.17. The van der Waals surface area contributed by atoms with Gasteiger partial charge in [-0.25, -0.2) is 0 Å². The van der Waals surface area contributed by atoms with E-state index < -0.39 is 0 Å². The van der Waals surface area contributed by atoms with Crippen LogP contribution in [0.1, 0.15) is 63.8 Å². The summed E-state index contributed by atoms with van der Waals surface area (Å²) in [5, 5.41) is 5.02. The maximum atomic E-state index is 5.43. The first-order valence-electron chi connectivity index (χ1n) is 13.9. The number of rotatable bonds is 0. The zero-order valence-electron chi connectivity index (χ0n) is 24.9. The monoisotopic (exact) mass is 510 g/mol. The van der Waals surface area contributed by atoms with Crippen LogP contribution in [0.4, 0.5) is 0 Å². The summed E-state index contributed by atoms with van der Waals surface area (Å²) in [7, 11) is 0. The van der Waals surface area contributed by atoms with Crippen LogP contribution in [0.2, 0.25) is 0 Å². The Bertz CT molecular complexity index is 1260. The number of hydrogen-bond donors (Lipinski definition) is 0. The second kappa shape index (κ2) is 18.5. The van der Waals surface area contributed by atoms with Crippen molar-refractivity contribution in [3.05, 3.63) is 114 Å². The summed E-state index contributed by atoms with van der Waals surface area (Å²) < 4.78 is 5.43. The molecule has 0 saturated heterocycles. The Labute approximate surface area is 230 Å². The fraction of sp³-hybridized carbons (Fsp3) is 0.314. The van der Waals surface area contributed by atoms with Crippen LogP contribution < -0.4 is 4.74 Å². The number of benzene rings is 3. The van der Waals surface area contributed by atoms with E-state index in [2.05, 4.69) is 85.3 Å². The summed E-state index contributed by atoms with van der Waals surface area (Å²) in [5.74, 6) is 1.11. The molecule has 0 aliphatic carbocycles. The number of ether oxygens (including phenoxy) is 1. The van der Waals surface area contributed by atoms with Crippen LogP contribution in [0.25, 0.3) is 21.5 Å². The molecule has 3 heteroatoms. The van der Waals surface area contributed by atoms with Gasteiger partial charge in [-0.05, 0) is 59.9 Å². The lowest BCUT2D eigenvalue weighted by Crippen LogP contribution is -1.87. The Hall–Kier alpha value is -3.72. The molecule has 0 N–H and O–H groups in total. The molecule has 0 bridgehead atoms. The topological polar surface area (TPSA) is 35.0 Å². The summed E-state index contributed by atoms with van der Waals surface area (Å²) in [6.45, 7) is 19.1. The van der Waals surface area contributed by atoms with E-state index in [0.29, 0.717) is 0 Å². The summed E-state index contributed by atoms with van der Waals surface area (Å²) in [5.41, 5.74) is 5.17. The van der Waals surface area contributed by atoms with E-state index in [1.54, 1.807) is 0 Å². The van der Waals surface area contributed by atoms with E-state index in [0.717, 1.165) is 18.8 Å². The molecule has 0 saturated carbocycles. The quantitative estimate of drug-likeness (QED) is 0.208. The first kappa shape index (κ1) is 32.3. The third kappa shape index (κ3) is 9.30. The molecule has 1 aliphatic heterocycles. The summed E-state index contributed by atoms with van der Waals surface area (Å²) in [6, 6.07) is 22.9. The van der Waals surface area contributed by atoms with E-state index >= 15 is 0 Å². The molecule has 3 aromatic carbocycles. The van der Waals surface area contributed by atoms with Crippen molar-refractivity contribution in [1.82, 2.24) is 9.97 Å². The molecular weight excluding hydrogens is 464 g/mol. The van der Waals surface area contributed by atoms with E-state index in [4.69, 9.17) is 4.74 Å². The van der Waals surface area contributed by atoms with Crippen LogP contribution in [-0.4, -0.2) is 16.6 Å². The fourth-order valence-corrected chi connectivity index (χ4v) is 3.93. The maximum Gasteiger partial charge on any atom is 0.125 e. The highest BCUT2D eigenvalue weighted by atomic mass is 16.5. The number of aryl methyl sites for hydroxylation is 3. The van der Waals surface area contributed by atoms with Crippen molar-refractivity contribution in [1.29, 1.82) is 0 Å². The molecule has 0 unspecified atom stereocenters. The highest BCUT2D eigenvalue weighted by molar-refractivity contribution is 5.85. The van der Waals surface area contributed by atoms with Gasteiger partial charge in [-0.2, -0.15) is 0 Å². The minimum Gasteiger partial charge on any atom is -0.493 e. The van der Waals surface area contributed by atoms with Crippen molar-refractivity contribution < 1.29 is 4.74 Å². The van der Waals surface area contributed by atoms with Crippen LogP contribution in [0, 0.1) is 20.8 Å². The lowest BCUT2D eigenvalue weighted by Gasteiger charge is -2.00. The van der Waals surface area contributed by atoms with Crippen molar-refractivity contribution in [2.45, 2.75) is 68.7 Å². The van der Waals surface area contributed by atoms with Crippen LogP contribution in [-0.2, 0) is 6.42 Å². The van der Waals surface area contributed by atoms with Gasteiger partial charge in [-0.3, -0.25) is 9.97 Å². The summed E-state index contributed by atoms with van der Waals surface area (Å²) in [6.07, 6.45) is 8.58. The van der Waals surface area contributed by atoms with E-state index in [-0.39, 0.29) is 0 Å². The second-order valence-electron chi connectivity index (χ2n) is 8.01. The van der Waals surface area contributed by atoms with Crippen LogP contribution in [0.15, 0.2) is 91.5 Å². The Kier molecular flexibility index (Phi) is 15.7. The fourth-order valence-electron chi connectivity index (χ4n) is 3.93. The minimum absolute atomic E-state index is 0.861. The maximum absolute atomic E-state index is 5.43. The molecule has 0 radical (unpaired) electrons. The average Bonchev–Trinajstić information content (AvgIpc) is 3.48. The average molecular weight is 511 g/mol. The molecule has 3 nitrogen and oxygen atoms in total. The van der Waals surface area contributed by atoms with Gasteiger partial charge in [-0.15, -0.1) is 0 Å². The van der Waals surface area contributed by atoms with E-state index in [1.807, 2.05) is 78.5 Å². The zero-order chi connectivity index (χ0) is 28.3. The molecule has 5 aromatic rings. The van der Waals surface area contributed by atoms with Gasteiger partial charge in [-0.1, -0.05) is 102 Å². The Morgan fingerprint density at radius 2 is 1.13 bits per heavy atom. The van der Waals surface area contributed by atoms with Gasteiger partial charge in [0.15, 0.2) is 0 Å². The van der Waals surface area contributed by atoms with Crippen LogP contribution in [0.5, 0.6) is 5.75 Å². The van der Waals surface area contributed by atoms with Crippen molar-refractivity contribution in [2.24, 2.45) is 0 Å². The van der Waals surface area contributed by atoms with Crippen molar-refractivity contribution >= 4 is 21.5 Å². The predicted molar refractivity (Wildman–Crippen MR) is 167 cm³/mol. The Morgan fingerprint density at radius 1 is 0.553 bits per heavy atom. The molecule has 2 aromatic heterocycles. The van der Waals surface area contributed by atoms with Crippen LogP contribution >= 0.6 is 0 Å². The van der Waals surface area contributed by atoms with Gasteiger partial charge in [0.1, 0.15) is 5.75 Å². The molecule has 0 spiro atoms. The first-order chi connectivity index (χ1) is 18.6. The molecule has 1 aliphatic rings. The van der Waals surface area contributed by atoms with Gasteiger partial charge in [0.05, 0.1) is 6.61 Å². The molecule has 38 heavy (non-hydrogen) atoms. The number of aromatic nitrogens is 2.